The zero-order valence-corrected chi connectivity index (χ0v) is 11.5. The van der Waals surface area contributed by atoms with E-state index in [-0.39, 0.29) is 5.41 Å². The normalized spacial score (nSPS) is 26.5. The van der Waals surface area contributed by atoms with E-state index in [0.29, 0.717) is 6.54 Å². The summed E-state index contributed by atoms with van der Waals surface area (Å²) in [6, 6.07) is 0. The van der Waals surface area contributed by atoms with Crippen LogP contribution in [-0.2, 0) is 0 Å². The minimum Gasteiger partial charge on any atom is -0.330 e. The topological polar surface area (TPSA) is 55.5 Å². The average molecular weight is 240 g/mol. The second-order valence-electron chi connectivity index (χ2n) is 6.25. The van der Waals surface area contributed by atoms with E-state index in [1.54, 1.807) is 0 Å². The Kier molecular flexibility index (Phi) is 6.10. The van der Waals surface area contributed by atoms with Gasteiger partial charge in [0.15, 0.2) is 0 Å². The smallest absolute Gasteiger partial charge is 0.0816 e. The highest BCUT2D eigenvalue weighted by Gasteiger charge is 2.32. The van der Waals surface area contributed by atoms with Gasteiger partial charge < -0.3 is 5.73 Å². The number of nitrogens with two attached hydrogens (primary N) is 1. The molecule has 0 radical (unpaired) electrons. The van der Waals surface area contributed by atoms with E-state index in [4.69, 9.17) is 5.73 Å². The zero-order valence-electron chi connectivity index (χ0n) is 11.5. The van der Waals surface area contributed by atoms with Gasteiger partial charge in [0, 0.05) is 0 Å². The molecule has 1 aliphatic carbocycles. The van der Waals surface area contributed by atoms with Crippen molar-refractivity contribution in [3.8, 4) is 0 Å². The van der Waals surface area contributed by atoms with Gasteiger partial charge in [0.1, 0.15) is 0 Å². The summed E-state index contributed by atoms with van der Waals surface area (Å²) in [5.41, 5.74) is 5.94. The third kappa shape index (κ3) is 4.74. The second kappa shape index (κ2) is 7.10. The molecule has 1 rings (SSSR count). The molecule has 17 heavy (non-hydrogen) atoms. The first-order valence-corrected chi connectivity index (χ1v) is 7.09. The van der Waals surface area contributed by atoms with Crippen molar-refractivity contribution in [2.45, 2.75) is 58.8 Å². The molecule has 0 aromatic heterocycles. The summed E-state index contributed by atoms with van der Waals surface area (Å²) in [5.74, 6) is 1.54. The van der Waals surface area contributed by atoms with Crippen molar-refractivity contribution >= 4 is 0 Å². The van der Waals surface area contributed by atoms with Gasteiger partial charge in [0.25, 0.3) is 0 Å². The van der Waals surface area contributed by atoms with Gasteiger partial charge in [0.2, 0.25) is 0 Å². The molecule has 0 aliphatic heterocycles. The van der Waals surface area contributed by atoms with E-state index in [9.17, 15) is 4.91 Å². The van der Waals surface area contributed by atoms with Gasteiger partial charge in [-0.3, -0.25) is 0 Å². The molecule has 0 spiro atoms. The molecule has 1 saturated carbocycles. The van der Waals surface area contributed by atoms with Crippen LogP contribution in [0.2, 0.25) is 0 Å². The lowest BCUT2D eigenvalue weighted by atomic mass is 9.71. The predicted molar refractivity (Wildman–Crippen MR) is 72.8 cm³/mol. The van der Waals surface area contributed by atoms with E-state index < -0.39 is 0 Å². The van der Waals surface area contributed by atoms with Gasteiger partial charge in [-0.1, -0.05) is 38.3 Å². The third-order valence-corrected chi connectivity index (χ3v) is 4.56. The standard InChI is InChI=1S/C14H28N2O/c1-14(2,8-10-16-17)13-6-4-3-5-12(11-13)7-9-15/h12-13H,3-11,15H2,1-2H3. The van der Waals surface area contributed by atoms with Crippen molar-refractivity contribution in [2.75, 3.05) is 13.1 Å². The van der Waals surface area contributed by atoms with Gasteiger partial charge >= 0.3 is 0 Å². The first-order chi connectivity index (χ1) is 8.10. The Labute approximate surface area is 106 Å². The fourth-order valence-corrected chi connectivity index (χ4v) is 3.21. The van der Waals surface area contributed by atoms with Crippen LogP contribution >= 0.6 is 0 Å². The highest BCUT2D eigenvalue weighted by atomic mass is 16.3. The van der Waals surface area contributed by atoms with E-state index in [0.717, 1.165) is 24.8 Å². The van der Waals surface area contributed by atoms with Gasteiger partial charge in [-0.15, -0.1) is 0 Å². The maximum Gasteiger partial charge on any atom is 0.0816 e. The van der Waals surface area contributed by atoms with E-state index >= 15 is 0 Å². The lowest BCUT2D eigenvalue weighted by molar-refractivity contribution is 0.159. The van der Waals surface area contributed by atoms with Crippen LogP contribution in [0.4, 0.5) is 0 Å². The van der Waals surface area contributed by atoms with Gasteiger partial charge in [-0.2, -0.15) is 4.91 Å². The summed E-state index contributed by atoms with van der Waals surface area (Å²) < 4.78 is 0. The molecule has 0 aromatic carbocycles. The summed E-state index contributed by atoms with van der Waals surface area (Å²) in [5, 5.41) is 3.02. The summed E-state index contributed by atoms with van der Waals surface area (Å²) in [6.45, 7) is 5.88. The molecule has 100 valence electrons. The van der Waals surface area contributed by atoms with Crippen molar-refractivity contribution in [3.63, 3.8) is 0 Å². The summed E-state index contributed by atoms with van der Waals surface area (Å²) in [6.07, 6.45) is 8.73. The largest absolute Gasteiger partial charge is 0.330 e. The van der Waals surface area contributed by atoms with E-state index in [2.05, 4.69) is 19.0 Å². The Morgan fingerprint density at radius 1 is 1.29 bits per heavy atom. The molecule has 2 unspecified atom stereocenters. The molecule has 0 bridgehead atoms. The van der Waals surface area contributed by atoms with Crippen molar-refractivity contribution in [1.29, 1.82) is 0 Å². The maximum absolute atomic E-state index is 10.3. The van der Waals surface area contributed by atoms with E-state index in [1.807, 2.05) is 0 Å². The second-order valence-corrected chi connectivity index (χ2v) is 6.25. The first-order valence-electron chi connectivity index (χ1n) is 7.09. The van der Waals surface area contributed by atoms with Crippen LogP contribution in [0.15, 0.2) is 5.18 Å². The Hall–Kier alpha value is -0.440. The summed E-state index contributed by atoms with van der Waals surface area (Å²) >= 11 is 0. The molecule has 1 fully saturated rings. The molecule has 0 heterocycles. The maximum atomic E-state index is 10.3. The minimum absolute atomic E-state index is 0.255. The van der Waals surface area contributed by atoms with Crippen LogP contribution in [0.3, 0.4) is 0 Å². The third-order valence-electron chi connectivity index (χ3n) is 4.56. The molecule has 2 atom stereocenters. The van der Waals surface area contributed by atoms with Crippen molar-refractivity contribution in [2.24, 2.45) is 28.2 Å². The van der Waals surface area contributed by atoms with Crippen LogP contribution in [-0.4, -0.2) is 13.1 Å². The minimum atomic E-state index is 0.255. The van der Waals surface area contributed by atoms with Crippen molar-refractivity contribution in [3.05, 3.63) is 4.91 Å². The lowest BCUT2D eigenvalue weighted by Crippen LogP contribution is -2.26. The Morgan fingerprint density at radius 3 is 2.65 bits per heavy atom. The predicted octanol–water partition coefficient (Wildman–Crippen LogP) is 3.71. The number of hydrogen-bond donors (Lipinski definition) is 1. The fourth-order valence-electron chi connectivity index (χ4n) is 3.21. The average Bonchev–Trinajstić information content (AvgIpc) is 2.53. The fraction of sp³-hybridized carbons (Fsp3) is 1.00. The monoisotopic (exact) mass is 240 g/mol. The molecular weight excluding hydrogens is 212 g/mol. The van der Waals surface area contributed by atoms with Crippen LogP contribution in [0.25, 0.3) is 0 Å². The summed E-state index contributed by atoms with van der Waals surface area (Å²) in [7, 11) is 0. The molecule has 0 aromatic rings. The van der Waals surface area contributed by atoms with E-state index in [1.165, 1.54) is 38.5 Å². The molecule has 3 heteroatoms. The summed E-state index contributed by atoms with van der Waals surface area (Å²) in [4.78, 5) is 10.3. The SMILES string of the molecule is CC(C)(CCN=O)C1CCCCC(CCN)C1. The molecule has 2 N–H and O–H groups in total. The van der Waals surface area contributed by atoms with Crippen LogP contribution < -0.4 is 5.73 Å². The number of rotatable bonds is 6. The van der Waals surface area contributed by atoms with Crippen molar-refractivity contribution in [1.82, 2.24) is 0 Å². The Morgan fingerprint density at radius 2 is 2.00 bits per heavy atom. The molecule has 1 aliphatic rings. The molecular formula is C14H28N2O. The number of nitrogens with zero attached hydrogens (tertiary/aromatic N) is 1. The van der Waals surface area contributed by atoms with Crippen LogP contribution in [0, 0.1) is 22.2 Å². The van der Waals surface area contributed by atoms with Crippen molar-refractivity contribution < 1.29 is 0 Å². The highest BCUT2D eigenvalue weighted by molar-refractivity contribution is 4.83. The van der Waals surface area contributed by atoms with Crippen LogP contribution in [0.5, 0.6) is 0 Å². The molecule has 0 saturated heterocycles. The number of nitroso groups, excluding NO2 is 1. The van der Waals surface area contributed by atoms with Gasteiger partial charge in [-0.25, -0.2) is 0 Å². The Bertz CT molecular complexity index is 228. The Balaban J connectivity index is 2.56. The zero-order chi connectivity index (χ0) is 12.7. The lowest BCUT2D eigenvalue weighted by Gasteiger charge is -2.35. The highest BCUT2D eigenvalue weighted by Crippen LogP contribution is 2.42. The van der Waals surface area contributed by atoms with Gasteiger partial charge in [0.05, 0.1) is 6.54 Å². The van der Waals surface area contributed by atoms with Crippen LogP contribution in [0.1, 0.15) is 58.8 Å². The quantitative estimate of drug-likeness (QED) is 0.568. The number of hydrogen-bond acceptors (Lipinski definition) is 3. The van der Waals surface area contributed by atoms with Gasteiger partial charge in [-0.05, 0) is 49.5 Å². The molecule has 0 amide bonds. The first kappa shape index (κ1) is 14.6. The molecule has 3 nitrogen and oxygen atoms in total.